The van der Waals surface area contributed by atoms with Crippen LogP contribution in [0.4, 0.5) is 14.9 Å². The van der Waals surface area contributed by atoms with Crippen LogP contribution < -0.4 is 20.3 Å². The number of hydrogen-bond acceptors (Lipinski definition) is 4. The maximum atomic E-state index is 13.0. The lowest BCUT2D eigenvalue weighted by Gasteiger charge is -2.20. The van der Waals surface area contributed by atoms with Crippen molar-refractivity contribution in [2.24, 2.45) is 0 Å². The summed E-state index contributed by atoms with van der Waals surface area (Å²) in [6.45, 7) is -0.0120. The zero-order chi connectivity index (χ0) is 21.7. The van der Waals surface area contributed by atoms with Gasteiger partial charge in [-0.1, -0.05) is 28.1 Å². The summed E-state index contributed by atoms with van der Waals surface area (Å²) in [7, 11) is 1.62. The molecule has 0 aromatic heterocycles. The smallest absolute Gasteiger partial charge is 0.319 e. The normalized spacial score (nSPS) is 16.2. The Bertz CT molecular complexity index is 994. The third-order valence-electron chi connectivity index (χ3n) is 4.52. The van der Waals surface area contributed by atoms with Gasteiger partial charge in [0, 0.05) is 30.4 Å². The van der Waals surface area contributed by atoms with Crippen LogP contribution >= 0.6 is 15.9 Å². The van der Waals surface area contributed by atoms with Crippen LogP contribution in [0.15, 0.2) is 58.7 Å². The number of benzene rings is 2. The van der Waals surface area contributed by atoms with Gasteiger partial charge in [-0.3, -0.25) is 4.79 Å². The molecule has 30 heavy (non-hydrogen) atoms. The number of nitrogens with zero attached hydrogens (tertiary/aromatic N) is 1. The van der Waals surface area contributed by atoms with Crippen LogP contribution in [0.2, 0.25) is 0 Å². The lowest BCUT2D eigenvalue weighted by atomic mass is 10.1. The van der Waals surface area contributed by atoms with Crippen molar-refractivity contribution in [3.05, 3.63) is 70.1 Å². The van der Waals surface area contributed by atoms with Crippen molar-refractivity contribution >= 4 is 39.8 Å². The van der Waals surface area contributed by atoms with E-state index in [0.717, 1.165) is 16.3 Å². The van der Waals surface area contributed by atoms with Crippen LogP contribution in [0.1, 0.15) is 5.56 Å². The highest BCUT2D eigenvalue weighted by atomic mass is 79.9. The number of nitrogens with one attached hydrogen (secondary N) is 3. The Kier molecular flexibility index (Phi) is 6.83. The third-order valence-corrected chi connectivity index (χ3v) is 5.01. The standard InChI is InChI=1S/C21H20BrFN4O3/c1-27-18-9-15(22)4-7-19(18)30-12-17(20(27)28)26-21(29)25-11-14(10-24)8-13-2-5-16(23)6-3-13/h2-7,9-11,17,24H,8,12H2,1H3,(H2,25,26,29)/b14-11-,24-10?/t17-/m1/s1. The van der Waals surface area contributed by atoms with E-state index >= 15 is 0 Å². The minimum Gasteiger partial charge on any atom is -0.489 e. The molecule has 3 amide bonds. The number of allylic oxidation sites excluding steroid dienone is 1. The summed E-state index contributed by atoms with van der Waals surface area (Å²) < 4.78 is 19.5. The number of carbonyl (C=O) groups is 2. The highest BCUT2D eigenvalue weighted by Gasteiger charge is 2.30. The quantitative estimate of drug-likeness (QED) is 0.579. The molecule has 1 heterocycles. The summed E-state index contributed by atoms with van der Waals surface area (Å²) in [4.78, 5) is 26.5. The molecule has 0 saturated heterocycles. The van der Waals surface area contributed by atoms with Crippen LogP contribution in [0.3, 0.4) is 0 Å². The van der Waals surface area contributed by atoms with E-state index in [2.05, 4.69) is 26.6 Å². The highest BCUT2D eigenvalue weighted by molar-refractivity contribution is 9.10. The molecule has 9 heteroatoms. The first-order chi connectivity index (χ1) is 14.4. The molecule has 0 unspecified atom stereocenters. The second-order valence-corrected chi connectivity index (χ2v) is 7.57. The van der Waals surface area contributed by atoms with Crippen molar-refractivity contribution in [1.82, 2.24) is 10.6 Å². The summed E-state index contributed by atoms with van der Waals surface area (Å²) in [5.41, 5.74) is 1.91. The Morgan fingerprint density at radius 3 is 2.77 bits per heavy atom. The molecule has 0 radical (unpaired) electrons. The molecule has 0 fully saturated rings. The van der Waals surface area contributed by atoms with Crippen molar-refractivity contribution in [2.45, 2.75) is 12.5 Å². The molecule has 2 aromatic rings. The van der Waals surface area contributed by atoms with E-state index in [1.165, 1.54) is 23.2 Å². The van der Waals surface area contributed by atoms with Gasteiger partial charge in [-0.05, 0) is 41.5 Å². The average molecular weight is 475 g/mol. The second-order valence-electron chi connectivity index (χ2n) is 6.66. The number of hydrogen-bond donors (Lipinski definition) is 3. The number of urea groups is 1. The summed E-state index contributed by atoms with van der Waals surface area (Å²) in [6, 6.07) is 9.74. The van der Waals surface area contributed by atoms with E-state index in [4.69, 9.17) is 10.1 Å². The van der Waals surface area contributed by atoms with Crippen LogP contribution in [-0.4, -0.2) is 37.8 Å². The van der Waals surface area contributed by atoms with E-state index in [1.54, 1.807) is 31.3 Å². The van der Waals surface area contributed by atoms with Gasteiger partial charge in [-0.25, -0.2) is 9.18 Å². The Hall–Kier alpha value is -3.20. The van der Waals surface area contributed by atoms with Gasteiger partial charge < -0.3 is 25.7 Å². The molecular formula is C21H20BrFN4O3. The lowest BCUT2D eigenvalue weighted by molar-refractivity contribution is -0.120. The van der Waals surface area contributed by atoms with Gasteiger partial charge in [-0.2, -0.15) is 0 Å². The van der Waals surface area contributed by atoms with Crippen molar-refractivity contribution in [2.75, 3.05) is 18.6 Å². The first-order valence-electron chi connectivity index (χ1n) is 9.08. The Morgan fingerprint density at radius 1 is 1.33 bits per heavy atom. The first kappa shape index (κ1) is 21.5. The summed E-state index contributed by atoms with van der Waals surface area (Å²) >= 11 is 3.37. The molecule has 0 saturated carbocycles. The fraction of sp³-hybridized carbons (Fsp3) is 0.190. The number of fused-ring (bicyclic) bond motifs is 1. The lowest BCUT2D eigenvalue weighted by Crippen LogP contribution is -2.51. The maximum absolute atomic E-state index is 13.0. The predicted octanol–water partition coefficient (Wildman–Crippen LogP) is 3.39. The number of ether oxygens (including phenoxy) is 1. The van der Waals surface area contributed by atoms with E-state index < -0.39 is 12.1 Å². The largest absolute Gasteiger partial charge is 0.489 e. The van der Waals surface area contributed by atoms with Crippen LogP contribution in [0.5, 0.6) is 5.75 Å². The SMILES string of the molecule is CN1C(=O)[C@H](NC(=O)N/C=C(\C=N)Cc2ccc(F)cc2)COc2ccc(Br)cc21. The number of amides is 3. The average Bonchev–Trinajstić information content (AvgIpc) is 2.85. The molecule has 2 aromatic carbocycles. The van der Waals surface area contributed by atoms with Gasteiger partial charge in [0.05, 0.1) is 5.69 Å². The number of likely N-dealkylation sites (N-methyl/N-ethyl adjacent to an activating group) is 1. The Morgan fingerprint density at radius 2 is 2.07 bits per heavy atom. The van der Waals surface area contributed by atoms with Crippen LogP contribution in [-0.2, 0) is 11.2 Å². The molecule has 156 valence electrons. The van der Waals surface area contributed by atoms with E-state index in [1.807, 2.05) is 6.07 Å². The molecular weight excluding hydrogens is 455 g/mol. The molecule has 1 aliphatic heterocycles. The first-order valence-corrected chi connectivity index (χ1v) is 9.87. The molecule has 0 bridgehead atoms. The summed E-state index contributed by atoms with van der Waals surface area (Å²) in [5, 5.41) is 12.6. The molecule has 7 nitrogen and oxygen atoms in total. The zero-order valence-corrected chi connectivity index (χ0v) is 17.7. The zero-order valence-electron chi connectivity index (χ0n) is 16.1. The van der Waals surface area contributed by atoms with Crippen LogP contribution in [0, 0.1) is 11.2 Å². The molecule has 1 atom stereocenters. The van der Waals surface area contributed by atoms with Gasteiger partial charge in [0.1, 0.15) is 24.2 Å². The van der Waals surface area contributed by atoms with Gasteiger partial charge in [0.15, 0.2) is 0 Å². The monoisotopic (exact) mass is 474 g/mol. The molecule has 3 rings (SSSR count). The predicted molar refractivity (Wildman–Crippen MR) is 115 cm³/mol. The number of rotatable bonds is 5. The van der Waals surface area contributed by atoms with Gasteiger partial charge >= 0.3 is 6.03 Å². The van der Waals surface area contributed by atoms with E-state index in [9.17, 15) is 14.0 Å². The maximum Gasteiger partial charge on any atom is 0.319 e. The van der Waals surface area contributed by atoms with Gasteiger partial charge in [-0.15, -0.1) is 0 Å². The molecule has 3 N–H and O–H groups in total. The number of anilines is 1. The minimum absolute atomic E-state index is 0.0120. The van der Waals surface area contributed by atoms with Crippen molar-refractivity contribution in [1.29, 1.82) is 5.41 Å². The van der Waals surface area contributed by atoms with Gasteiger partial charge in [0.2, 0.25) is 0 Å². The fourth-order valence-corrected chi connectivity index (χ4v) is 3.26. The summed E-state index contributed by atoms with van der Waals surface area (Å²) in [6.07, 6.45) is 2.83. The van der Waals surface area contributed by atoms with E-state index in [-0.39, 0.29) is 18.3 Å². The number of carbonyl (C=O) groups excluding carboxylic acids is 2. The third kappa shape index (κ3) is 5.24. The van der Waals surface area contributed by atoms with Crippen molar-refractivity contribution in [3.8, 4) is 5.75 Å². The summed E-state index contributed by atoms with van der Waals surface area (Å²) in [5.74, 6) is -0.111. The van der Waals surface area contributed by atoms with E-state index in [0.29, 0.717) is 23.4 Å². The molecule has 0 spiro atoms. The van der Waals surface area contributed by atoms with Crippen LogP contribution in [0.25, 0.3) is 0 Å². The Balaban J connectivity index is 1.62. The highest BCUT2D eigenvalue weighted by Crippen LogP contribution is 2.33. The second kappa shape index (κ2) is 9.53. The van der Waals surface area contributed by atoms with Gasteiger partial charge in [0.25, 0.3) is 5.91 Å². The van der Waals surface area contributed by atoms with Crippen molar-refractivity contribution < 1.29 is 18.7 Å². The number of halogens is 2. The molecule has 1 aliphatic rings. The fourth-order valence-electron chi connectivity index (χ4n) is 2.91. The topological polar surface area (TPSA) is 94.5 Å². The van der Waals surface area contributed by atoms with Crippen molar-refractivity contribution in [3.63, 3.8) is 0 Å². The Labute approximate surface area is 181 Å². The molecule has 0 aliphatic carbocycles. The minimum atomic E-state index is -0.880.